The first-order valence-corrected chi connectivity index (χ1v) is 7.90. The molecule has 7 heteroatoms. The SMILES string of the molecule is CC(C)n1[nH]c(=O)c2c1NC(=O)CC21C(=O)N(C)c2ccccc21. The van der Waals surface area contributed by atoms with Crippen LogP contribution in [0.5, 0.6) is 0 Å². The molecule has 0 saturated heterocycles. The number of aromatic amines is 1. The molecule has 2 aliphatic heterocycles. The predicted octanol–water partition coefficient (Wildman–Crippen LogP) is 1.36. The number of likely N-dealkylation sites (N-methyl/N-ethyl adjacent to an activating group) is 1. The lowest BCUT2D eigenvalue weighted by atomic mass is 9.71. The number of aromatic nitrogens is 2. The van der Waals surface area contributed by atoms with Crippen LogP contribution in [0.4, 0.5) is 11.5 Å². The van der Waals surface area contributed by atoms with E-state index in [1.807, 2.05) is 38.1 Å². The van der Waals surface area contributed by atoms with Crippen LogP contribution in [-0.4, -0.2) is 28.6 Å². The lowest BCUT2D eigenvalue weighted by Crippen LogP contribution is -2.47. The van der Waals surface area contributed by atoms with Gasteiger partial charge >= 0.3 is 0 Å². The molecular formula is C17H18N4O3. The molecule has 2 aromatic rings. The molecule has 1 aromatic carbocycles. The van der Waals surface area contributed by atoms with Crippen molar-refractivity contribution in [1.29, 1.82) is 0 Å². The number of carbonyl (C=O) groups excluding carboxylic acids is 2. The van der Waals surface area contributed by atoms with Crippen LogP contribution in [0.25, 0.3) is 0 Å². The average Bonchev–Trinajstić information content (AvgIpc) is 2.98. The Bertz CT molecular complexity index is 940. The van der Waals surface area contributed by atoms with E-state index in [4.69, 9.17) is 0 Å². The number of amides is 2. The molecule has 1 atom stereocenters. The topological polar surface area (TPSA) is 87.2 Å². The second-order valence-corrected chi connectivity index (χ2v) is 6.64. The fourth-order valence-corrected chi connectivity index (χ4v) is 3.91. The number of anilines is 2. The third kappa shape index (κ3) is 1.59. The highest BCUT2D eigenvalue weighted by Gasteiger charge is 2.57. The predicted molar refractivity (Wildman–Crippen MR) is 89.3 cm³/mol. The highest BCUT2D eigenvalue weighted by Crippen LogP contribution is 2.50. The Morgan fingerprint density at radius 2 is 1.88 bits per heavy atom. The van der Waals surface area contributed by atoms with Crippen molar-refractivity contribution in [1.82, 2.24) is 9.78 Å². The van der Waals surface area contributed by atoms with E-state index in [0.29, 0.717) is 16.9 Å². The smallest absolute Gasteiger partial charge is 0.270 e. The number of H-pyrrole nitrogens is 1. The first-order valence-electron chi connectivity index (χ1n) is 7.90. The molecule has 0 aliphatic carbocycles. The van der Waals surface area contributed by atoms with E-state index in [1.54, 1.807) is 11.7 Å². The minimum absolute atomic E-state index is 0.0543. The first kappa shape index (κ1) is 14.7. The molecule has 0 radical (unpaired) electrons. The molecule has 2 aliphatic rings. The number of nitrogens with one attached hydrogen (secondary N) is 2. The maximum absolute atomic E-state index is 13.2. The van der Waals surface area contributed by atoms with Gasteiger partial charge < -0.3 is 10.2 Å². The number of carbonyl (C=O) groups is 2. The fourth-order valence-electron chi connectivity index (χ4n) is 3.91. The van der Waals surface area contributed by atoms with Crippen molar-refractivity contribution in [3.05, 3.63) is 45.7 Å². The van der Waals surface area contributed by atoms with Gasteiger partial charge in [-0.25, -0.2) is 0 Å². The lowest BCUT2D eigenvalue weighted by molar-refractivity contribution is -0.126. The summed E-state index contributed by atoms with van der Waals surface area (Å²) in [5.74, 6) is -0.120. The molecule has 0 saturated carbocycles. The van der Waals surface area contributed by atoms with Crippen LogP contribution in [0.1, 0.15) is 37.4 Å². The summed E-state index contributed by atoms with van der Waals surface area (Å²) in [6.07, 6.45) is -0.0641. The van der Waals surface area contributed by atoms with Crippen molar-refractivity contribution in [3.63, 3.8) is 0 Å². The molecular weight excluding hydrogens is 308 g/mol. The van der Waals surface area contributed by atoms with Crippen molar-refractivity contribution in [2.24, 2.45) is 0 Å². The minimum atomic E-state index is -1.25. The van der Waals surface area contributed by atoms with Crippen LogP contribution in [0.3, 0.4) is 0 Å². The molecule has 0 fully saturated rings. The molecule has 1 spiro atoms. The van der Waals surface area contributed by atoms with E-state index < -0.39 is 5.41 Å². The van der Waals surface area contributed by atoms with Gasteiger partial charge in [-0.1, -0.05) is 18.2 Å². The summed E-state index contributed by atoms with van der Waals surface area (Å²) in [5, 5.41) is 5.54. The number of hydrogen-bond donors (Lipinski definition) is 2. The zero-order chi connectivity index (χ0) is 17.2. The molecule has 2 N–H and O–H groups in total. The van der Waals surface area contributed by atoms with Crippen LogP contribution in [0.15, 0.2) is 29.1 Å². The first-order chi connectivity index (χ1) is 11.4. The summed E-state index contributed by atoms with van der Waals surface area (Å²) in [6.45, 7) is 3.81. The van der Waals surface area contributed by atoms with Crippen LogP contribution in [-0.2, 0) is 15.0 Å². The monoisotopic (exact) mass is 326 g/mol. The summed E-state index contributed by atoms with van der Waals surface area (Å²) >= 11 is 0. The Balaban J connectivity index is 2.11. The van der Waals surface area contributed by atoms with Crippen molar-refractivity contribution in [2.75, 3.05) is 17.3 Å². The average molecular weight is 326 g/mol. The van der Waals surface area contributed by atoms with Gasteiger partial charge in [0.05, 0.1) is 12.0 Å². The van der Waals surface area contributed by atoms with Gasteiger partial charge in [0.2, 0.25) is 11.8 Å². The van der Waals surface area contributed by atoms with Crippen molar-refractivity contribution < 1.29 is 9.59 Å². The maximum Gasteiger partial charge on any atom is 0.270 e. The van der Waals surface area contributed by atoms with Crippen LogP contribution >= 0.6 is 0 Å². The van der Waals surface area contributed by atoms with Gasteiger partial charge in [-0.3, -0.25) is 24.2 Å². The van der Waals surface area contributed by atoms with E-state index in [1.165, 1.54) is 4.90 Å². The Kier molecular flexibility index (Phi) is 2.82. The highest BCUT2D eigenvalue weighted by molar-refractivity contribution is 6.15. The van der Waals surface area contributed by atoms with Crippen LogP contribution in [0.2, 0.25) is 0 Å². The molecule has 1 unspecified atom stereocenters. The largest absolute Gasteiger partial charge is 0.314 e. The molecule has 124 valence electrons. The summed E-state index contributed by atoms with van der Waals surface area (Å²) < 4.78 is 1.62. The third-order valence-electron chi connectivity index (χ3n) is 4.95. The highest BCUT2D eigenvalue weighted by atomic mass is 16.2. The Hall–Kier alpha value is -2.83. The molecule has 0 bridgehead atoms. The van der Waals surface area contributed by atoms with Gasteiger partial charge in [-0.2, -0.15) is 0 Å². The van der Waals surface area contributed by atoms with E-state index in [2.05, 4.69) is 10.4 Å². The summed E-state index contributed by atoms with van der Waals surface area (Å²) in [4.78, 5) is 39.8. The van der Waals surface area contributed by atoms with Gasteiger partial charge in [0.15, 0.2) is 0 Å². The Labute approximate surface area is 138 Å². The van der Waals surface area contributed by atoms with Crippen molar-refractivity contribution in [2.45, 2.75) is 31.7 Å². The number of rotatable bonds is 1. The van der Waals surface area contributed by atoms with Gasteiger partial charge in [0, 0.05) is 18.8 Å². The second-order valence-electron chi connectivity index (χ2n) is 6.64. The second kappa shape index (κ2) is 4.59. The molecule has 24 heavy (non-hydrogen) atoms. The minimum Gasteiger partial charge on any atom is -0.314 e. The molecule has 2 amide bonds. The number of nitrogens with zero attached hydrogens (tertiary/aromatic N) is 2. The summed E-state index contributed by atoms with van der Waals surface area (Å²) in [6, 6.07) is 7.27. The normalized spacial score (nSPS) is 22.1. The summed E-state index contributed by atoms with van der Waals surface area (Å²) in [5.41, 5.74) is 0.187. The Morgan fingerprint density at radius 1 is 1.17 bits per heavy atom. The lowest BCUT2D eigenvalue weighted by Gasteiger charge is -2.31. The third-order valence-corrected chi connectivity index (χ3v) is 4.95. The molecule has 7 nitrogen and oxygen atoms in total. The van der Waals surface area contributed by atoms with E-state index in [0.717, 1.165) is 5.69 Å². The van der Waals surface area contributed by atoms with Gasteiger partial charge in [-0.15, -0.1) is 0 Å². The molecule has 4 rings (SSSR count). The zero-order valence-corrected chi connectivity index (χ0v) is 13.7. The van der Waals surface area contributed by atoms with Crippen LogP contribution in [0, 0.1) is 0 Å². The standard InChI is InChI=1S/C17H18N4O3/c1-9(2)21-14-13(15(23)19-21)17(8-12(22)18-14)10-6-4-5-7-11(10)20(3)16(17)24/h4-7,9H,8H2,1-3H3,(H,18,22)(H,19,23). The molecule has 1 aromatic heterocycles. The zero-order valence-electron chi connectivity index (χ0n) is 13.7. The van der Waals surface area contributed by atoms with Gasteiger partial charge in [0.25, 0.3) is 5.56 Å². The number of hydrogen-bond acceptors (Lipinski definition) is 3. The maximum atomic E-state index is 13.2. The quantitative estimate of drug-likeness (QED) is 0.829. The summed E-state index contributed by atoms with van der Waals surface area (Å²) in [7, 11) is 1.68. The number of para-hydroxylation sites is 1. The molecule has 3 heterocycles. The van der Waals surface area contributed by atoms with Crippen molar-refractivity contribution >= 4 is 23.3 Å². The fraction of sp³-hybridized carbons (Fsp3) is 0.353. The Morgan fingerprint density at radius 3 is 2.58 bits per heavy atom. The van der Waals surface area contributed by atoms with Crippen molar-refractivity contribution in [3.8, 4) is 0 Å². The van der Waals surface area contributed by atoms with E-state index in [-0.39, 0.29) is 29.8 Å². The number of benzene rings is 1. The van der Waals surface area contributed by atoms with E-state index in [9.17, 15) is 14.4 Å². The van der Waals surface area contributed by atoms with Gasteiger partial charge in [-0.05, 0) is 25.5 Å². The number of fused-ring (bicyclic) bond motifs is 4. The van der Waals surface area contributed by atoms with Crippen LogP contribution < -0.4 is 15.8 Å². The van der Waals surface area contributed by atoms with Gasteiger partial charge in [0.1, 0.15) is 11.2 Å². The van der Waals surface area contributed by atoms with E-state index >= 15 is 0 Å².